The second kappa shape index (κ2) is 5.27. The smallest absolute Gasteiger partial charge is 0.129 e. The van der Waals surface area contributed by atoms with Gasteiger partial charge in [-0.05, 0) is 31.4 Å². The number of pyridine rings is 1. The van der Waals surface area contributed by atoms with Gasteiger partial charge in [-0.15, -0.1) is 0 Å². The zero-order valence-corrected chi connectivity index (χ0v) is 9.34. The van der Waals surface area contributed by atoms with E-state index in [1.165, 1.54) is 6.42 Å². The van der Waals surface area contributed by atoms with E-state index in [2.05, 4.69) is 9.88 Å². The summed E-state index contributed by atoms with van der Waals surface area (Å²) in [6, 6.07) is 5.82. The van der Waals surface area contributed by atoms with Gasteiger partial charge >= 0.3 is 0 Å². The Morgan fingerprint density at radius 3 is 2.94 bits per heavy atom. The van der Waals surface area contributed by atoms with E-state index in [-0.39, 0.29) is 19.3 Å². The molecule has 1 fully saturated rings. The molecular formula is C12H18N2O2. The Morgan fingerprint density at radius 2 is 2.19 bits per heavy atom. The summed E-state index contributed by atoms with van der Waals surface area (Å²) in [5, 5.41) is 18.4. The molecule has 0 saturated carbocycles. The van der Waals surface area contributed by atoms with Crippen LogP contribution in [0.2, 0.25) is 0 Å². The lowest BCUT2D eigenvalue weighted by molar-refractivity contribution is 0.239. The fourth-order valence-corrected chi connectivity index (χ4v) is 2.21. The highest BCUT2D eigenvalue weighted by Gasteiger charge is 2.22. The first-order valence-corrected chi connectivity index (χ1v) is 5.79. The maximum absolute atomic E-state index is 9.33. The fraction of sp³-hybridized carbons (Fsp3) is 0.583. The summed E-state index contributed by atoms with van der Waals surface area (Å²) in [4.78, 5) is 6.52. The molecule has 0 bridgehead atoms. The summed E-state index contributed by atoms with van der Waals surface area (Å²) in [7, 11) is 0. The van der Waals surface area contributed by atoms with Gasteiger partial charge in [0, 0.05) is 6.54 Å². The first-order valence-electron chi connectivity index (χ1n) is 5.79. The molecule has 0 radical (unpaired) electrons. The average molecular weight is 222 g/mol. The lowest BCUT2D eigenvalue weighted by Crippen LogP contribution is -2.42. The molecule has 4 heteroatoms. The summed E-state index contributed by atoms with van der Waals surface area (Å²) in [5.74, 6) is 0.866. The van der Waals surface area contributed by atoms with Crippen LogP contribution in [0.5, 0.6) is 0 Å². The molecule has 1 aromatic heterocycles. The molecule has 0 aliphatic carbocycles. The summed E-state index contributed by atoms with van der Waals surface area (Å²) >= 11 is 0. The number of piperidine rings is 1. The Kier molecular flexibility index (Phi) is 3.74. The molecule has 0 spiro atoms. The van der Waals surface area contributed by atoms with Crippen LogP contribution in [0.3, 0.4) is 0 Å². The topological polar surface area (TPSA) is 56.6 Å². The Morgan fingerprint density at radius 1 is 1.31 bits per heavy atom. The van der Waals surface area contributed by atoms with Crippen molar-refractivity contribution < 1.29 is 10.2 Å². The molecule has 1 aliphatic rings. The van der Waals surface area contributed by atoms with Crippen molar-refractivity contribution in [1.82, 2.24) is 4.98 Å². The minimum atomic E-state index is -0.0362. The molecule has 2 rings (SSSR count). The van der Waals surface area contributed by atoms with Crippen LogP contribution in [0.4, 0.5) is 5.82 Å². The zero-order valence-electron chi connectivity index (χ0n) is 9.34. The maximum atomic E-state index is 9.33. The fourth-order valence-electron chi connectivity index (χ4n) is 2.21. The van der Waals surface area contributed by atoms with Gasteiger partial charge in [0.05, 0.1) is 24.9 Å². The standard InChI is InChI=1S/C12H18N2O2/c15-8-10-4-3-6-12(13-10)14-7-2-1-5-11(14)9-16/h3-4,6,11,15-16H,1-2,5,7-9H2. The molecule has 2 N–H and O–H groups in total. The van der Waals surface area contributed by atoms with Crippen LogP contribution in [0.25, 0.3) is 0 Å². The lowest BCUT2D eigenvalue weighted by Gasteiger charge is -2.35. The Hall–Kier alpha value is -1.13. The molecule has 1 aromatic rings. The SMILES string of the molecule is OCc1cccc(N2CCCCC2CO)n1. The van der Waals surface area contributed by atoms with Gasteiger partial charge in [-0.25, -0.2) is 4.98 Å². The van der Waals surface area contributed by atoms with Crippen molar-refractivity contribution in [3.63, 3.8) is 0 Å². The highest BCUT2D eigenvalue weighted by molar-refractivity contribution is 5.41. The van der Waals surface area contributed by atoms with Crippen LogP contribution >= 0.6 is 0 Å². The van der Waals surface area contributed by atoms with E-state index in [9.17, 15) is 5.11 Å². The second-order valence-electron chi connectivity index (χ2n) is 4.17. The lowest BCUT2D eigenvalue weighted by atomic mass is 10.0. The van der Waals surface area contributed by atoms with Crippen LogP contribution in [-0.2, 0) is 6.61 Å². The number of aliphatic hydroxyl groups excluding tert-OH is 2. The number of nitrogens with zero attached hydrogens (tertiary/aromatic N) is 2. The normalized spacial score (nSPS) is 21.1. The van der Waals surface area contributed by atoms with Gasteiger partial charge in [-0.1, -0.05) is 6.07 Å². The van der Waals surface area contributed by atoms with Crippen LogP contribution in [0, 0.1) is 0 Å². The van der Waals surface area contributed by atoms with Crippen molar-refractivity contribution in [3.8, 4) is 0 Å². The highest BCUT2D eigenvalue weighted by Crippen LogP contribution is 2.22. The van der Waals surface area contributed by atoms with Gasteiger partial charge < -0.3 is 15.1 Å². The summed E-state index contributed by atoms with van der Waals surface area (Å²) < 4.78 is 0. The van der Waals surface area contributed by atoms with Crippen LogP contribution < -0.4 is 4.90 Å². The molecule has 1 unspecified atom stereocenters. The predicted molar refractivity (Wildman–Crippen MR) is 62.2 cm³/mol. The molecule has 1 atom stereocenters. The van der Waals surface area contributed by atoms with Gasteiger partial charge in [0.15, 0.2) is 0 Å². The van der Waals surface area contributed by atoms with Gasteiger partial charge in [-0.3, -0.25) is 0 Å². The number of rotatable bonds is 3. The minimum absolute atomic E-state index is 0.0362. The van der Waals surface area contributed by atoms with Gasteiger partial charge in [-0.2, -0.15) is 0 Å². The largest absolute Gasteiger partial charge is 0.394 e. The Balaban J connectivity index is 2.20. The third-order valence-corrected chi connectivity index (χ3v) is 3.09. The third-order valence-electron chi connectivity index (χ3n) is 3.09. The molecule has 2 heterocycles. The van der Waals surface area contributed by atoms with Crippen LogP contribution in [-0.4, -0.2) is 34.4 Å². The average Bonchev–Trinajstić information content (AvgIpc) is 2.38. The van der Waals surface area contributed by atoms with Gasteiger partial charge in [0.25, 0.3) is 0 Å². The predicted octanol–water partition coefficient (Wildman–Crippen LogP) is 0.925. The number of hydrogen-bond acceptors (Lipinski definition) is 4. The van der Waals surface area contributed by atoms with Crippen molar-refractivity contribution in [2.45, 2.75) is 31.9 Å². The second-order valence-corrected chi connectivity index (χ2v) is 4.17. The number of anilines is 1. The molecule has 0 amide bonds. The maximum Gasteiger partial charge on any atom is 0.129 e. The van der Waals surface area contributed by atoms with Crippen molar-refractivity contribution in [3.05, 3.63) is 23.9 Å². The van der Waals surface area contributed by atoms with Gasteiger partial charge in [0.1, 0.15) is 5.82 Å². The van der Waals surface area contributed by atoms with E-state index in [0.29, 0.717) is 5.69 Å². The molecule has 1 aliphatic heterocycles. The van der Waals surface area contributed by atoms with Crippen LogP contribution in [0.1, 0.15) is 25.0 Å². The number of aromatic nitrogens is 1. The van der Waals surface area contributed by atoms with E-state index in [1.807, 2.05) is 12.1 Å². The molecule has 4 nitrogen and oxygen atoms in total. The van der Waals surface area contributed by atoms with E-state index >= 15 is 0 Å². The zero-order chi connectivity index (χ0) is 11.4. The monoisotopic (exact) mass is 222 g/mol. The van der Waals surface area contributed by atoms with E-state index < -0.39 is 0 Å². The van der Waals surface area contributed by atoms with Crippen molar-refractivity contribution in [2.24, 2.45) is 0 Å². The molecular weight excluding hydrogens is 204 g/mol. The summed E-state index contributed by atoms with van der Waals surface area (Å²) in [6.07, 6.45) is 3.32. The van der Waals surface area contributed by atoms with Gasteiger partial charge in [0.2, 0.25) is 0 Å². The van der Waals surface area contributed by atoms with Crippen molar-refractivity contribution in [1.29, 1.82) is 0 Å². The first-order chi connectivity index (χ1) is 7.85. The Bertz CT molecular complexity index is 344. The molecule has 0 aromatic carbocycles. The summed E-state index contributed by atoms with van der Waals surface area (Å²) in [5.41, 5.74) is 0.680. The highest BCUT2D eigenvalue weighted by atomic mass is 16.3. The van der Waals surface area contributed by atoms with Crippen molar-refractivity contribution in [2.75, 3.05) is 18.1 Å². The van der Waals surface area contributed by atoms with E-state index in [0.717, 1.165) is 25.2 Å². The molecule has 1 saturated heterocycles. The first kappa shape index (κ1) is 11.4. The number of aliphatic hydroxyl groups is 2. The number of hydrogen-bond donors (Lipinski definition) is 2. The molecule has 16 heavy (non-hydrogen) atoms. The summed E-state index contributed by atoms with van der Waals surface area (Å²) in [6.45, 7) is 1.07. The van der Waals surface area contributed by atoms with Crippen molar-refractivity contribution >= 4 is 5.82 Å². The van der Waals surface area contributed by atoms with Crippen LogP contribution in [0.15, 0.2) is 18.2 Å². The third kappa shape index (κ3) is 2.33. The Labute approximate surface area is 95.5 Å². The molecule has 88 valence electrons. The van der Waals surface area contributed by atoms with E-state index in [1.54, 1.807) is 6.07 Å². The quantitative estimate of drug-likeness (QED) is 0.798. The minimum Gasteiger partial charge on any atom is -0.394 e. The van der Waals surface area contributed by atoms with E-state index in [4.69, 9.17) is 5.11 Å².